The van der Waals surface area contributed by atoms with Crippen LogP contribution < -0.4 is 4.57 Å². The largest absolute Gasteiger partial charge is 0.261 e. The summed E-state index contributed by atoms with van der Waals surface area (Å²) in [6.07, 6.45) is 7.37. The molecule has 0 bridgehead atoms. The number of benzene rings is 2. The van der Waals surface area contributed by atoms with Gasteiger partial charge in [0.25, 0.3) is 0 Å². The van der Waals surface area contributed by atoms with E-state index in [1.807, 2.05) is 6.20 Å². The van der Waals surface area contributed by atoms with Crippen LogP contribution in [0.3, 0.4) is 0 Å². The molecule has 0 saturated heterocycles. The lowest BCUT2D eigenvalue weighted by Crippen LogP contribution is -2.30. The normalized spacial score (nSPS) is 10.9. The SMILES string of the molecule is Cc1ccccc1-c1c2cccc(-c3cnccn3)c2cc[n+]1C. The highest BCUT2D eigenvalue weighted by molar-refractivity contribution is 6.01. The van der Waals surface area contributed by atoms with Gasteiger partial charge in [-0.3, -0.25) is 9.97 Å². The Bertz CT molecular complexity index is 1020. The molecule has 0 saturated carbocycles. The van der Waals surface area contributed by atoms with Crippen LogP contribution in [-0.4, -0.2) is 9.97 Å². The Labute approximate surface area is 141 Å². The first-order chi connectivity index (χ1) is 11.8. The Balaban J connectivity index is 2.06. The number of rotatable bonds is 2. The van der Waals surface area contributed by atoms with Gasteiger partial charge in [-0.05, 0) is 24.6 Å². The molecule has 4 rings (SSSR count). The predicted molar refractivity (Wildman–Crippen MR) is 96.3 cm³/mol. The van der Waals surface area contributed by atoms with Gasteiger partial charge in [0.1, 0.15) is 7.05 Å². The van der Waals surface area contributed by atoms with Crippen LogP contribution in [-0.2, 0) is 7.05 Å². The van der Waals surface area contributed by atoms with E-state index in [-0.39, 0.29) is 0 Å². The predicted octanol–water partition coefficient (Wildman–Crippen LogP) is 4.10. The molecule has 0 aliphatic rings. The van der Waals surface area contributed by atoms with Gasteiger partial charge in [0.05, 0.1) is 17.3 Å². The van der Waals surface area contributed by atoms with Crippen molar-refractivity contribution in [3.05, 3.63) is 78.9 Å². The molecular weight excluding hydrogens is 294 g/mol. The monoisotopic (exact) mass is 312 g/mol. The molecule has 0 radical (unpaired) electrons. The highest BCUT2D eigenvalue weighted by atomic mass is 14.9. The van der Waals surface area contributed by atoms with Gasteiger partial charge in [-0.25, -0.2) is 4.57 Å². The first-order valence-electron chi connectivity index (χ1n) is 7.99. The van der Waals surface area contributed by atoms with Gasteiger partial charge in [0, 0.05) is 35.0 Å². The number of aryl methyl sites for hydroxylation is 2. The van der Waals surface area contributed by atoms with Crippen LogP contribution in [0, 0.1) is 6.92 Å². The highest BCUT2D eigenvalue weighted by Gasteiger charge is 2.18. The number of aromatic nitrogens is 3. The molecule has 0 aliphatic carbocycles. The smallest absolute Gasteiger partial charge is 0.220 e. The first-order valence-corrected chi connectivity index (χ1v) is 7.99. The zero-order valence-corrected chi connectivity index (χ0v) is 13.8. The molecule has 2 aromatic heterocycles. The third-order valence-electron chi connectivity index (χ3n) is 4.42. The van der Waals surface area contributed by atoms with Crippen LogP contribution >= 0.6 is 0 Å². The minimum atomic E-state index is 0.896. The van der Waals surface area contributed by atoms with Crippen LogP contribution in [0.25, 0.3) is 33.3 Å². The van der Waals surface area contributed by atoms with Crippen LogP contribution in [0.5, 0.6) is 0 Å². The van der Waals surface area contributed by atoms with Crippen molar-refractivity contribution >= 4 is 10.8 Å². The Kier molecular flexibility index (Phi) is 3.54. The van der Waals surface area contributed by atoms with Crippen molar-refractivity contribution in [3.8, 4) is 22.5 Å². The molecule has 0 spiro atoms. The van der Waals surface area contributed by atoms with E-state index in [2.05, 4.69) is 83.2 Å². The molecule has 0 fully saturated rings. The molecule has 0 amide bonds. The van der Waals surface area contributed by atoms with E-state index in [1.165, 1.54) is 27.6 Å². The van der Waals surface area contributed by atoms with Crippen molar-refractivity contribution < 1.29 is 4.57 Å². The number of pyridine rings is 1. The minimum Gasteiger partial charge on any atom is -0.261 e. The Morgan fingerprint density at radius 1 is 0.833 bits per heavy atom. The van der Waals surface area contributed by atoms with Gasteiger partial charge in [-0.15, -0.1) is 0 Å². The van der Waals surface area contributed by atoms with Gasteiger partial charge in [-0.2, -0.15) is 0 Å². The van der Waals surface area contributed by atoms with E-state index in [0.29, 0.717) is 0 Å². The van der Waals surface area contributed by atoms with Gasteiger partial charge >= 0.3 is 0 Å². The van der Waals surface area contributed by atoms with Crippen molar-refractivity contribution in [2.24, 2.45) is 7.05 Å². The van der Waals surface area contributed by atoms with E-state index in [0.717, 1.165) is 11.3 Å². The number of hydrogen-bond acceptors (Lipinski definition) is 2. The maximum absolute atomic E-state index is 4.47. The van der Waals surface area contributed by atoms with E-state index in [1.54, 1.807) is 12.4 Å². The summed E-state index contributed by atoms with van der Waals surface area (Å²) in [5.41, 5.74) is 5.74. The zero-order valence-electron chi connectivity index (χ0n) is 13.8. The van der Waals surface area contributed by atoms with Gasteiger partial charge in [0.2, 0.25) is 5.69 Å². The Morgan fingerprint density at radius 3 is 2.46 bits per heavy atom. The van der Waals surface area contributed by atoms with Crippen LogP contribution in [0.1, 0.15) is 5.56 Å². The number of nitrogens with zero attached hydrogens (tertiary/aromatic N) is 3. The van der Waals surface area contributed by atoms with Crippen molar-refractivity contribution in [2.75, 3.05) is 0 Å². The van der Waals surface area contributed by atoms with Crippen molar-refractivity contribution in [1.29, 1.82) is 0 Å². The average Bonchev–Trinajstić information content (AvgIpc) is 2.63. The molecule has 0 N–H and O–H groups in total. The second kappa shape index (κ2) is 5.85. The van der Waals surface area contributed by atoms with Crippen molar-refractivity contribution in [2.45, 2.75) is 6.92 Å². The topological polar surface area (TPSA) is 29.7 Å². The van der Waals surface area contributed by atoms with Gasteiger partial charge in [-0.1, -0.05) is 30.3 Å². The lowest BCUT2D eigenvalue weighted by atomic mass is 9.96. The van der Waals surface area contributed by atoms with Crippen LogP contribution in [0.2, 0.25) is 0 Å². The number of hydrogen-bond donors (Lipinski definition) is 0. The molecule has 24 heavy (non-hydrogen) atoms. The summed E-state index contributed by atoms with van der Waals surface area (Å²) in [7, 11) is 2.09. The van der Waals surface area contributed by atoms with E-state index in [4.69, 9.17) is 0 Å². The first kappa shape index (κ1) is 14.5. The molecule has 0 atom stereocenters. The molecule has 2 heterocycles. The molecule has 3 nitrogen and oxygen atoms in total. The summed E-state index contributed by atoms with van der Waals surface area (Å²) in [6, 6.07) is 17.0. The molecule has 0 aliphatic heterocycles. The summed E-state index contributed by atoms with van der Waals surface area (Å²) < 4.78 is 2.19. The lowest BCUT2D eigenvalue weighted by molar-refractivity contribution is -0.659. The van der Waals surface area contributed by atoms with E-state index in [9.17, 15) is 0 Å². The molecule has 3 heteroatoms. The maximum Gasteiger partial charge on any atom is 0.220 e. The fraction of sp³-hybridized carbons (Fsp3) is 0.0952. The third kappa shape index (κ3) is 2.35. The summed E-state index contributed by atoms with van der Waals surface area (Å²) in [4.78, 5) is 8.68. The van der Waals surface area contributed by atoms with Crippen LogP contribution in [0.4, 0.5) is 0 Å². The summed E-state index contributed by atoms with van der Waals surface area (Å²) in [5, 5.41) is 2.41. The fourth-order valence-corrected chi connectivity index (χ4v) is 3.24. The van der Waals surface area contributed by atoms with Crippen LogP contribution in [0.15, 0.2) is 73.3 Å². The summed E-state index contributed by atoms with van der Waals surface area (Å²) in [5.74, 6) is 0. The second-order valence-corrected chi connectivity index (χ2v) is 5.95. The second-order valence-electron chi connectivity index (χ2n) is 5.95. The third-order valence-corrected chi connectivity index (χ3v) is 4.42. The molecule has 116 valence electrons. The van der Waals surface area contributed by atoms with Gasteiger partial charge < -0.3 is 0 Å². The maximum atomic E-state index is 4.47. The average molecular weight is 312 g/mol. The summed E-state index contributed by atoms with van der Waals surface area (Å²) in [6.45, 7) is 2.15. The minimum absolute atomic E-state index is 0.896. The molecule has 0 unspecified atom stereocenters. The van der Waals surface area contributed by atoms with Crippen molar-refractivity contribution in [1.82, 2.24) is 9.97 Å². The fourth-order valence-electron chi connectivity index (χ4n) is 3.24. The Hall–Kier alpha value is -3.07. The molecule has 2 aromatic carbocycles. The summed E-state index contributed by atoms with van der Waals surface area (Å²) >= 11 is 0. The standard InChI is InChI=1S/C21H18N3/c1-15-6-3-4-7-16(15)21-19-9-5-8-18(17(19)10-13-24(21)2)20-14-22-11-12-23-20/h3-14H,1-2H3/q+1. The quantitative estimate of drug-likeness (QED) is 0.522. The molecular formula is C21H18N3+. The zero-order chi connectivity index (χ0) is 16.5. The molecule has 4 aromatic rings. The van der Waals surface area contributed by atoms with E-state index < -0.39 is 0 Å². The Morgan fingerprint density at radius 2 is 1.67 bits per heavy atom. The van der Waals surface area contributed by atoms with Crippen molar-refractivity contribution in [3.63, 3.8) is 0 Å². The number of fused-ring (bicyclic) bond motifs is 1. The van der Waals surface area contributed by atoms with E-state index >= 15 is 0 Å². The highest BCUT2D eigenvalue weighted by Crippen LogP contribution is 2.32. The van der Waals surface area contributed by atoms with Gasteiger partial charge in [0.15, 0.2) is 6.20 Å². The lowest BCUT2D eigenvalue weighted by Gasteiger charge is -2.10.